The number of nitrogens with two attached hydrogens (primary N) is 1. The first kappa shape index (κ1) is 22.1. The van der Waals surface area contributed by atoms with Crippen molar-refractivity contribution >= 4 is 0 Å². The van der Waals surface area contributed by atoms with Gasteiger partial charge in [0.15, 0.2) is 0 Å². The monoisotopic (exact) mass is 477 g/mol. The molecule has 36 heavy (non-hydrogen) atoms. The summed E-state index contributed by atoms with van der Waals surface area (Å²) in [5.41, 5.74) is 11.7. The molecule has 2 N–H and O–H groups in total. The molecule has 0 radical (unpaired) electrons. The second-order valence-electron chi connectivity index (χ2n) is 9.44. The Morgan fingerprint density at radius 2 is 1.78 bits per heavy atom. The summed E-state index contributed by atoms with van der Waals surface area (Å²) in [5.74, 6) is 1.67. The van der Waals surface area contributed by atoms with E-state index in [1.165, 1.54) is 19.3 Å². The second kappa shape index (κ2) is 9.00. The van der Waals surface area contributed by atoms with Gasteiger partial charge in [0.25, 0.3) is 0 Å². The maximum atomic E-state index is 10.1. The third-order valence-electron chi connectivity index (χ3n) is 7.30. The zero-order chi connectivity index (χ0) is 24.6. The van der Waals surface area contributed by atoms with E-state index in [0.717, 1.165) is 46.7 Å². The fourth-order valence-electron chi connectivity index (χ4n) is 5.57. The van der Waals surface area contributed by atoms with E-state index in [2.05, 4.69) is 40.3 Å². The van der Waals surface area contributed by atoms with Crippen molar-refractivity contribution in [1.82, 2.24) is 24.3 Å². The lowest BCUT2D eigenvalue weighted by molar-refractivity contribution is 0.358. The maximum Gasteiger partial charge on any atom is 0.224 e. The molecule has 8 nitrogen and oxygen atoms in total. The zero-order valence-electron chi connectivity index (χ0n) is 20.1. The molecule has 1 unspecified atom stereocenters. The van der Waals surface area contributed by atoms with Gasteiger partial charge in [-0.2, -0.15) is 10.4 Å². The fraction of sp³-hybridized carbons (Fsp3) is 0.286. The van der Waals surface area contributed by atoms with Crippen molar-refractivity contribution in [2.24, 2.45) is 12.8 Å². The van der Waals surface area contributed by atoms with Crippen molar-refractivity contribution in [1.29, 1.82) is 5.26 Å². The topological polar surface area (TPSA) is 108 Å². The van der Waals surface area contributed by atoms with Gasteiger partial charge in [-0.1, -0.05) is 31.4 Å². The first-order chi connectivity index (χ1) is 17.7. The molecule has 2 aliphatic rings. The van der Waals surface area contributed by atoms with Crippen molar-refractivity contribution < 1.29 is 4.74 Å². The Morgan fingerprint density at radius 3 is 2.50 bits per heavy atom. The van der Waals surface area contributed by atoms with Crippen molar-refractivity contribution in [3.63, 3.8) is 0 Å². The molecule has 1 saturated carbocycles. The number of imidazole rings is 1. The molecule has 1 atom stereocenters. The number of hydrogen-bond acceptors (Lipinski definition) is 6. The minimum atomic E-state index is -0.319. The average molecular weight is 478 g/mol. The van der Waals surface area contributed by atoms with Gasteiger partial charge in [0, 0.05) is 49.0 Å². The standard InChI is InChI=1S/C28H27N7O/c1-34-28-24(25(33-34)19-5-3-2-4-6-19)23(22(17-29)26(30)36-28)18-7-9-21(10-8-18)35-16-15-32-27(35)20-11-13-31-14-12-20/h7-16,19,23H,2-6,30H2,1H3. The van der Waals surface area contributed by atoms with Crippen LogP contribution in [0.4, 0.5) is 0 Å². The van der Waals surface area contributed by atoms with Gasteiger partial charge in [0.2, 0.25) is 11.8 Å². The van der Waals surface area contributed by atoms with Crippen molar-refractivity contribution in [3.05, 3.63) is 89.5 Å². The summed E-state index contributed by atoms with van der Waals surface area (Å²) >= 11 is 0. The van der Waals surface area contributed by atoms with Gasteiger partial charge in [-0.3, -0.25) is 9.55 Å². The smallest absolute Gasteiger partial charge is 0.224 e. The SMILES string of the molecule is Cn1nc(C2CCCCC2)c2c1OC(N)=C(C#N)C2c1ccc(-n2ccnc2-c2ccncc2)cc1. The van der Waals surface area contributed by atoms with Gasteiger partial charge in [0.1, 0.15) is 17.5 Å². The van der Waals surface area contributed by atoms with Crippen LogP contribution in [0.5, 0.6) is 5.88 Å². The summed E-state index contributed by atoms with van der Waals surface area (Å²) in [6.07, 6.45) is 13.1. The Bertz CT molecular complexity index is 1470. The number of fused-ring (bicyclic) bond motifs is 1. The highest BCUT2D eigenvalue weighted by molar-refractivity contribution is 5.60. The molecule has 0 spiro atoms. The number of nitrogens with zero attached hydrogens (tertiary/aromatic N) is 6. The Labute approximate surface area is 209 Å². The number of hydrogen-bond donors (Lipinski definition) is 1. The number of nitriles is 1. The number of pyridine rings is 1. The predicted molar refractivity (Wildman–Crippen MR) is 135 cm³/mol. The molecule has 1 aliphatic heterocycles. The van der Waals surface area contributed by atoms with Crippen LogP contribution < -0.4 is 10.5 Å². The Balaban J connectivity index is 1.43. The largest absolute Gasteiger partial charge is 0.422 e. The number of benzene rings is 1. The lowest BCUT2D eigenvalue weighted by atomic mass is 9.78. The van der Waals surface area contributed by atoms with Crippen molar-refractivity contribution in [2.75, 3.05) is 0 Å². The van der Waals surface area contributed by atoms with Gasteiger partial charge in [-0.15, -0.1) is 0 Å². The first-order valence-electron chi connectivity index (χ1n) is 12.3. The van der Waals surface area contributed by atoms with Gasteiger partial charge >= 0.3 is 0 Å². The van der Waals surface area contributed by atoms with Crippen LogP contribution in [0.1, 0.15) is 60.8 Å². The molecule has 4 aromatic rings. The van der Waals surface area contributed by atoms with Crippen LogP contribution in [-0.4, -0.2) is 24.3 Å². The number of ether oxygens (including phenoxy) is 1. The molecular weight excluding hydrogens is 450 g/mol. The number of aromatic nitrogens is 5. The number of allylic oxidation sites excluding steroid dienone is 1. The summed E-state index contributed by atoms with van der Waals surface area (Å²) in [6.45, 7) is 0. The molecule has 3 aromatic heterocycles. The third-order valence-corrected chi connectivity index (χ3v) is 7.30. The molecule has 4 heterocycles. The highest BCUT2D eigenvalue weighted by atomic mass is 16.5. The van der Waals surface area contributed by atoms with E-state index in [4.69, 9.17) is 15.6 Å². The highest BCUT2D eigenvalue weighted by Crippen LogP contribution is 2.47. The lowest BCUT2D eigenvalue weighted by Crippen LogP contribution is -2.22. The predicted octanol–water partition coefficient (Wildman–Crippen LogP) is 4.93. The van der Waals surface area contributed by atoms with Crippen LogP contribution in [0.25, 0.3) is 17.1 Å². The van der Waals surface area contributed by atoms with Crippen LogP contribution in [0.3, 0.4) is 0 Å². The van der Waals surface area contributed by atoms with E-state index in [-0.39, 0.29) is 11.8 Å². The number of aryl methyl sites for hydroxylation is 1. The zero-order valence-corrected chi connectivity index (χ0v) is 20.1. The van der Waals surface area contributed by atoms with E-state index in [9.17, 15) is 5.26 Å². The minimum absolute atomic E-state index is 0.145. The quantitative estimate of drug-likeness (QED) is 0.446. The maximum absolute atomic E-state index is 10.1. The summed E-state index contributed by atoms with van der Waals surface area (Å²) in [5, 5.41) is 15.0. The molecule has 0 saturated heterocycles. The lowest BCUT2D eigenvalue weighted by Gasteiger charge is -2.27. The van der Waals surface area contributed by atoms with Crippen LogP contribution in [-0.2, 0) is 7.05 Å². The van der Waals surface area contributed by atoms with E-state index < -0.39 is 0 Å². The number of rotatable bonds is 4. The Hall–Kier alpha value is -4.38. The van der Waals surface area contributed by atoms with Crippen molar-refractivity contribution in [3.8, 4) is 29.0 Å². The summed E-state index contributed by atoms with van der Waals surface area (Å²) < 4.78 is 9.77. The van der Waals surface area contributed by atoms with Crippen LogP contribution in [0, 0.1) is 11.3 Å². The summed E-state index contributed by atoms with van der Waals surface area (Å²) in [4.78, 5) is 8.66. The second-order valence-corrected chi connectivity index (χ2v) is 9.44. The molecule has 180 valence electrons. The van der Waals surface area contributed by atoms with Crippen LogP contribution >= 0.6 is 0 Å². The third kappa shape index (κ3) is 3.64. The highest BCUT2D eigenvalue weighted by Gasteiger charge is 2.38. The van der Waals surface area contributed by atoms with E-state index in [1.54, 1.807) is 23.3 Å². The molecule has 8 heteroatoms. The first-order valence-corrected chi connectivity index (χ1v) is 12.3. The summed E-state index contributed by atoms with van der Waals surface area (Å²) in [7, 11) is 1.88. The molecule has 1 aliphatic carbocycles. The van der Waals surface area contributed by atoms with E-state index in [1.807, 2.05) is 29.9 Å². The van der Waals surface area contributed by atoms with Crippen LogP contribution in [0.15, 0.2) is 72.6 Å². The van der Waals surface area contributed by atoms with Gasteiger partial charge in [-0.05, 0) is 42.7 Å². The van der Waals surface area contributed by atoms with Gasteiger partial charge < -0.3 is 10.5 Å². The average Bonchev–Trinajstić information content (AvgIpc) is 3.54. The normalized spacial score (nSPS) is 17.9. The van der Waals surface area contributed by atoms with Gasteiger partial charge in [0.05, 0.1) is 17.2 Å². The fourth-order valence-corrected chi connectivity index (χ4v) is 5.57. The summed E-state index contributed by atoms with van der Waals surface area (Å²) in [6, 6.07) is 14.4. The Kier molecular flexibility index (Phi) is 5.53. The minimum Gasteiger partial charge on any atom is -0.422 e. The molecule has 6 rings (SSSR count). The molecule has 1 aromatic carbocycles. The Morgan fingerprint density at radius 1 is 1.03 bits per heavy atom. The van der Waals surface area contributed by atoms with Crippen LogP contribution in [0.2, 0.25) is 0 Å². The van der Waals surface area contributed by atoms with Crippen molar-refractivity contribution in [2.45, 2.75) is 43.9 Å². The molecule has 0 amide bonds. The van der Waals surface area contributed by atoms with E-state index >= 15 is 0 Å². The van der Waals surface area contributed by atoms with Gasteiger partial charge in [-0.25, -0.2) is 9.67 Å². The molecule has 0 bridgehead atoms. The molecule has 1 fully saturated rings. The molecular formula is C28H27N7O. The van der Waals surface area contributed by atoms with E-state index in [0.29, 0.717) is 17.4 Å².